The van der Waals surface area contributed by atoms with Crippen molar-refractivity contribution in [2.75, 3.05) is 38.2 Å². The lowest BCUT2D eigenvalue weighted by Gasteiger charge is -2.35. The number of ether oxygens (including phenoxy) is 1. The van der Waals surface area contributed by atoms with Gasteiger partial charge in [-0.05, 0) is 23.6 Å². The standard InChI is InChI=1S/C18H20N4O2S/c1-23-16-4-2-3-15(11-16)22-8-6-21(7-9-22)12-17-19-18(20-24-17)14-5-10-25-13-14/h2-5,10-11,13H,6-9,12H2,1H3. The molecule has 0 amide bonds. The van der Waals surface area contributed by atoms with E-state index in [4.69, 9.17) is 9.26 Å². The molecule has 4 rings (SSSR count). The van der Waals surface area contributed by atoms with Gasteiger partial charge in [0.25, 0.3) is 0 Å². The van der Waals surface area contributed by atoms with Gasteiger partial charge in [0.05, 0.1) is 13.7 Å². The van der Waals surface area contributed by atoms with Crippen molar-refractivity contribution in [2.24, 2.45) is 0 Å². The van der Waals surface area contributed by atoms with Crippen molar-refractivity contribution in [1.82, 2.24) is 15.0 Å². The van der Waals surface area contributed by atoms with Gasteiger partial charge in [0.2, 0.25) is 11.7 Å². The smallest absolute Gasteiger partial charge is 0.241 e. The van der Waals surface area contributed by atoms with E-state index in [1.165, 1.54) is 5.69 Å². The van der Waals surface area contributed by atoms with Gasteiger partial charge >= 0.3 is 0 Å². The number of anilines is 1. The topological polar surface area (TPSA) is 54.6 Å². The largest absolute Gasteiger partial charge is 0.497 e. The van der Waals surface area contributed by atoms with Crippen LogP contribution in [0.3, 0.4) is 0 Å². The summed E-state index contributed by atoms with van der Waals surface area (Å²) in [6, 6.07) is 10.2. The Morgan fingerprint density at radius 3 is 2.84 bits per heavy atom. The summed E-state index contributed by atoms with van der Waals surface area (Å²) in [5.74, 6) is 2.24. The van der Waals surface area contributed by atoms with Gasteiger partial charge in [0, 0.05) is 48.9 Å². The molecule has 0 aliphatic carbocycles. The van der Waals surface area contributed by atoms with Crippen LogP contribution < -0.4 is 9.64 Å². The fourth-order valence-corrected chi connectivity index (χ4v) is 3.63. The Hall–Kier alpha value is -2.38. The third-order valence-corrected chi connectivity index (χ3v) is 5.08. The Bertz CT molecular complexity index is 810. The van der Waals surface area contributed by atoms with Gasteiger partial charge in [-0.2, -0.15) is 16.3 Å². The van der Waals surface area contributed by atoms with Crippen LogP contribution in [0.5, 0.6) is 5.75 Å². The van der Waals surface area contributed by atoms with Crippen LogP contribution in [-0.4, -0.2) is 48.3 Å². The summed E-state index contributed by atoms with van der Waals surface area (Å²) in [6.45, 7) is 4.57. The predicted molar refractivity (Wildman–Crippen MR) is 98.1 cm³/mol. The maximum atomic E-state index is 5.40. The summed E-state index contributed by atoms with van der Waals surface area (Å²) >= 11 is 1.63. The lowest BCUT2D eigenvalue weighted by molar-refractivity contribution is 0.215. The third kappa shape index (κ3) is 3.67. The van der Waals surface area contributed by atoms with E-state index >= 15 is 0 Å². The quantitative estimate of drug-likeness (QED) is 0.700. The van der Waals surface area contributed by atoms with Gasteiger partial charge in [0.15, 0.2) is 0 Å². The average Bonchev–Trinajstić information content (AvgIpc) is 3.34. The molecule has 0 atom stereocenters. The number of hydrogen-bond acceptors (Lipinski definition) is 7. The summed E-state index contributed by atoms with van der Waals surface area (Å²) < 4.78 is 10.7. The normalized spacial score (nSPS) is 15.5. The minimum Gasteiger partial charge on any atom is -0.497 e. The Labute approximate surface area is 150 Å². The first-order chi connectivity index (χ1) is 12.3. The van der Waals surface area contributed by atoms with Crippen LogP contribution in [0.2, 0.25) is 0 Å². The maximum absolute atomic E-state index is 5.40. The number of benzene rings is 1. The molecule has 130 valence electrons. The minimum absolute atomic E-state index is 0.672. The number of methoxy groups -OCH3 is 1. The second-order valence-electron chi connectivity index (χ2n) is 5.99. The van der Waals surface area contributed by atoms with E-state index in [2.05, 4.69) is 32.1 Å². The molecule has 1 aromatic carbocycles. The summed E-state index contributed by atoms with van der Waals surface area (Å²) in [6.07, 6.45) is 0. The molecule has 6 nitrogen and oxygen atoms in total. The first kappa shape index (κ1) is 16.1. The number of aromatic nitrogens is 2. The Morgan fingerprint density at radius 2 is 2.08 bits per heavy atom. The average molecular weight is 356 g/mol. The molecule has 0 bridgehead atoms. The molecule has 0 N–H and O–H groups in total. The van der Waals surface area contributed by atoms with Gasteiger partial charge in [-0.3, -0.25) is 4.90 Å². The predicted octanol–water partition coefficient (Wildman–Crippen LogP) is 3.13. The van der Waals surface area contributed by atoms with E-state index in [1.54, 1.807) is 18.4 Å². The summed E-state index contributed by atoms with van der Waals surface area (Å²) in [5.41, 5.74) is 2.22. The molecule has 7 heteroatoms. The fraction of sp³-hybridized carbons (Fsp3) is 0.333. The van der Waals surface area contributed by atoms with Crippen molar-refractivity contribution in [1.29, 1.82) is 0 Å². The number of nitrogens with zero attached hydrogens (tertiary/aromatic N) is 4. The van der Waals surface area contributed by atoms with Gasteiger partial charge < -0.3 is 14.2 Å². The minimum atomic E-state index is 0.672. The Balaban J connectivity index is 1.34. The lowest BCUT2D eigenvalue weighted by atomic mass is 10.2. The maximum Gasteiger partial charge on any atom is 0.241 e. The zero-order valence-corrected chi connectivity index (χ0v) is 14.9. The van der Waals surface area contributed by atoms with Crippen LogP contribution in [0, 0.1) is 0 Å². The van der Waals surface area contributed by atoms with E-state index in [1.807, 2.05) is 29.0 Å². The first-order valence-electron chi connectivity index (χ1n) is 8.28. The molecule has 3 heterocycles. The highest BCUT2D eigenvalue weighted by Gasteiger charge is 2.20. The highest BCUT2D eigenvalue weighted by Crippen LogP contribution is 2.23. The number of piperazine rings is 1. The van der Waals surface area contributed by atoms with Crippen molar-refractivity contribution in [3.8, 4) is 17.1 Å². The highest BCUT2D eigenvalue weighted by molar-refractivity contribution is 7.08. The monoisotopic (exact) mass is 356 g/mol. The summed E-state index contributed by atoms with van der Waals surface area (Å²) in [4.78, 5) is 9.23. The van der Waals surface area contributed by atoms with E-state index in [9.17, 15) is 0 Å². The molecule has 1 aliphatic rings. The highest BCUT2D eigenvalue weighted by atomic mass is 32.1. The number of thiophene rings is 1. The van der Waals surface area contributed by atoms with E-state index in [0.29, 0.717) is 18.3 Å². The SMILES string of the molecule is COc1cccc(N2CCN(Cc3nc(-c4ccsc4)no3)CC2)c1. The second-order valence-corrected chi connectivity index (χ2v) is 6.77. The van der Waals surface area contributed by atoms with Gasteiger partial charge in [-0.25, -0.2) is 0 Å². The van der Waals surface area contributed by atoms with Gasteiger partial charge in [-0.1, -0.05) is 11.2 Å². The molecule has 1 fully saturated rings. The second kappa shape index (κ2) is 7.25. The van der Waals surface area contributed by atoms with Crippen molar-refractivity contribution in [3.63, 3.8) is 0 Å². The van der Waals surface area contributed by atoms with Crippen LogP contribution in [-0.2, 0) is 6.54 Å². The third-order valence-electron chi connectivity index (χ3n) is 4.40. The van der Waals surface area contributed by atoms with Crippen LogP contribution >= 0.6 is 11.3 Å². The fourth-order valence-electron chi connectivity index (χ4n) is 2.99. The molecule has 0 spiro atoms. The van der Waals surface area contributed by atoms with E-state index in [0.717, 1.165) is 37.5 Å². The van der Waals surface area contributed by atoms with Crippen molar-refractivity contribution in [3.05, 3.63) is 47.0 Å². The van der Waals surface area contributed by atoms with Gasteiger partial charge in [-0.15, -0.1) is 0 Å². The Morgan fingerprint density at radius 1 is 1.20 bits per heavy atom. The molecule has 0 unspecified atom stereocenters. The zero-order valence-electron chi connectivity index (χ0n) is 14.1. The molecule has 0 radical (unpaired) electrons. The van der Waals surface area contributed by atoms with Crippen LogP contribution in [0.25, 0.3) is 11.4 Å². The summed E-state index contributed by atoms with van der Waals surface area (Å²) in [5, 5.41) is 8.12. The molecule has 0 saturated carbocycles. The van der Waals surface area contributed by atoms with Crippen molar-refractivity contribution < 1.29 is 9.26 Å². The Kier molecular flexibility index (Phi) is 4.67. The van der Waals surface area contributed by atoms with Crippen LogP contribution in [0.15, 0.2) is 45.6 Å². The molecule has 2 aromatic heterocycles. The van der Waals surface area contributed by atoms with Crippen molar-refractivity contribution >= 4 is 17.0 Å². The molecular formula is C18H20N4O2S. The number of hydrogen-bond donors (Lipinski definition) is 0. The first-order valence-corrected chi connectivity index (χ1v) is 9.22. The molecule has 3 aromatic rings. The summed E-state index contributed by atoms with van der Waals surface area (Å²) in [7, 11) is 1.70. The van der Waals surface area contributed by atoms with E-state index < -0.39 is 0 Å². The van der Waals surface area contributed by atoms with Gasteiger partial charge in [0.1, 0.15) is 5.75 Å². The lowest BCUT2D eigenvalue weighted by Crippen LogP contribution is -2.46. The molecule has 25 heavy (non-hydrogen) atoms. The van der Waals surface area contributed by atoms with E-state index in [-0.39, 0.29) is 0 Å². The van der Waals surface area contributed by atoms with Crippen LogP contribution in [0.4, 0.5) is 5.69 Å². The number of rotatable bonds is 5. The molecule has 1 aliphatic heterocycles. The molecular weight excluding hydrogens is 336 g/mol. The van der Waals surface area contributed by atoms with Crippen LogP contribution in [0.1, 0.15) is 5.89 Å². The molecule has 1 saturated heterocycles. The zero-order chi connectivity index (χ0) is 17.1. The van der Waals surface area contributed by atoms with Crippen molar-refractivity contribution in [2.45, 2.75) is 6.54 Å².